The fraction of sp³-hybridized carbons (Fsp3) is 0.636. The molecule has 1 saturated heterocycles. The third kappa shape index (κ3) is 3.52. The van der Waals surface area contributed by atoms with Crippen LogP contribution in [0.4, 0.5) is 0 Å². The molecule has 1 aliphatic rings. The van der Waals surface area contributed by atoms with E-state index >= 15 is 0 Å². The van der Waals surface area contributed by atoms with Gasteiger partial charge in [-0.05, 0) is 13.0 Å². The lowest BCUT2D eigenvalue weighted by molar-refractivity contribution is -0.0342. The van der Waals surface area contributed by atoms with Crippen LogP contribution < -0.4 is 0 Å². The second kappa shape index (κ2) is 5.96. The third-order valence-electron chi connectivity index (χ3n) is 2.66. The van der Waals surface area contributed by atoms with Crippen LogP contribution in [0, 0.1) is 0 Å². The molecule has 2 heterocycles. The van der Waals surface area contributed by atoms with Crippen LogP contribution in [0.25, 0.3) is 0 Å². The van der Waals surface area contributed by atoms with Gasteiger partial charge in [0, 0.05) is 19.2 Å². The smallest absolute Gasteiger partial charge is 0.161 e. The molecule has 0 N–H and O–H groups in total. The van der Waals surface area contributed by atoms with Crippen molar-refractivity contribution in [3.05, 3.63) is 22.2 Å². The van der Waals surface area contributed by atoms with Crippen molar-refractivity contribution in [1.29, 1.82) is 0 Å². The van der Waals surface area contributed by atoms with Gasteiger partial charge in [0.15, 0.2) is 5.82 Å². The monoisotopic (exact) mass is 275 g/mol. The van der Waals surface area contributed by atoms with Gasteiger partial charge in [-0.15, -0.1) is 0 Å². The summed E-state index contributed by atoms with van der Waals surface area (Å²) in [6.07, 6.45) is 0.996. The van der Waals surface area contributed by atoms with Gasteiger partial charge in [0.05, 0.1) is 6.61 Å². The second-order valence-corrected chi connectivity index (χ2v) is 4.81. The van der Waals surface area contributed by atoms with E-state index in [0.717, 1.165) is 26.1 Å². The van der Waals surface area contributed by atoms with E-state index in [1.54, 1.807) is 0 Å². The highest BCUT2D eigenvalue weighted by Crippen LogP contribution is 2.22. The zero-order valence-corrected chi connectivity index (χ0v) is 11.2. The molecule has 0 bridgehead atoms. The first-order valence-corrected chi connectivity index (χ1v) is 6.48. The van der Waals surface area contributed by atoms with Gasteiger partial charge in [-0.25, -0.2) is 9.97 Å². The molecule has 94 valence electrons. The standard InChI is InChI=1S/C11H15Cl2N3O/c1-2-3-16-4-5-17-8(7-16)11-14-9(12)6-10(13)15-11/h6,8H,2-5,7H2,1H3. The Kier molecular flexibility index (Phi) is 4.56. The molecule has 1 atom stereocenters. The normalized spacial score (nSPS) is 21.7. The molecule has 0 aliphatic carbocycles. The van der Waals surface area contributed by atoms with E-state index in [2.05, 4.69) is 21.8 Å². The highest BCUT2D eigenvalue weighted by Gasteiger charge is 2.24. The van der Waals surface area contributed by atoms with Gasteiger partial charge in [0.1, 0.15) is 16.4 Å². The lowest BCUT2D eigenvalue weighted by Gasteiger charge is -2.31. The fourth-order valence-corrected chi connectivity index (χ4v) is 2.36. The van der Waals surface area contributed by atoms with Crippen LogP contribution in [0.1, 0.15) is 25.3 Å². The Hall–Kier alpha value is -0.420. The van der Waals surface area contributed by atoms with Gasteiger partial charge < -0.3 is 4.74 Å². The summed E-state index contributed by atoms with van der Waals surface area (Å²) in [5.41, 5.74) is 0. The van der Waals surface area contributed by atoms with Gasteiger partial charge in [-0.1, -0.05) is 30.1 Å². The van der Waals surface area contributed by atoms with Crippen LogP contribution in [0.5, 0.6) is 0 Å². The van der Waals surface area contributed by atoms with Crippen LogP contribution in [0.15, 0.2) is 6.07 Å². The molecule has 17 heavy (non-hydrogen) atoms. The first kappa shape index (κ1) is 13.0. The Balaban J connectivity index is 2.10. The number of ether oxygens (including phenoxy) is 1. The first-order chi connectivity index (χ1) is 8.19. The Labute approximate surface area is 111 Å². The molecule has 6 heteroatoms. The lowest BCUT2D eigenvalue weighted by Crippen LogP contribution is -2.39. The van der Waals surface area contributed by atoms with E-state index in [1.165, 1.54) is 6.07 Å². The van der Waals surface area contributed by atoms with Crippen molar-refractivity contribution in [3.8, 4) is 0 Å². The van der Waals surface area contributed by atoms with E-state index in [0.29, 0.717) is 22.7 Å². The van der Waals surface area contributed by atoms with Crippen molar-refractivity contribution >= 4 is 23.2 Å². The highest BCUT2D eigenvalue weighted by atomic mass is 35.5. The number of rotatable bonds is 3. The highest BCUT2D eigenvalue weighted by molar-refractivity contribution is 6.33. The van der Waals surface area contributed by atoms with E-state index in [4.69, 9.17) is 27.9 Å². The molecule has 0 spiro atoms. The van der Waals surface area contributed by atoms with Crippen LogP contribution in [-0.4, -0.2) is 41.1 Å². The Bertz CT molecular complexity index is 367. The molecule has 0 aromatic carbocycles. The Morgan fingerprint density at radius 3 is 2.76 bits per heavy atom. The maximum atomic E-state index is 5.86. The number of hydrogen-bond acceptors (Lipinski definition) is 4. The van der Waals surface area contributed by atoms with Crippen molar-refractivity contribution in [3.63, 3.8) is 0 Å². The fourth-order valence-electron chi connectivity index (χ4n) is 1.93. The maximum Gasteiger partial charge on any atom is 0.161 e. The summed E-state index contributed by atoms with van der Waals surface area (Å²) in [7, 11) is 0. The minimum atomic E-state index is -0.133. The average molecular weight is 276 g/mol. The molecule has 1 aromatic heterocycles. The second-order valence-electron chi connectivity index (χ2n) is 4.03. The molecule has 0 saturated carbocycles. The topological polar surface area (TPSA) is 38.2 Å². The van der Waals surface area contributed by atoms with Crippen LogP contribution in [0.3, 0.4) is 0 Å². The molecular formula is C11H15Cl2N3O. The minimum absolute atomic E-state index is 0.133. The summed E-state index contributed by atoms with van der Waals surface area (Å²) in [5.74, 6) is 0.573. The van der Waals surface area contributed by atoms with Crippen LogP contribution >= 0.6 is 23.2 Å². The molecular weight excluding hydrogens is 261 g/mol. The quantitative estimate of drug-likeness (QED) is 0.795. The van der Waals surface area contributed by atoms with E-state index in [1.807, 2.05) is 0 Å². The van der Waals surface area contributed by atoms with Crippen molar-refractivity contribution < 1.29 is 4.74 Å². The summed E-state index contributed by atoms with van der Waals surface area (Å²) in [4.78, 5) is 10.7. The predicted molar refractivity (Wildman–Crippen MR) is 67.5 cm³/mol. The van der Waals surface area contributed by atoms with E-state index < -0.39 is 0 Å². The summed E-state index contributed by atoms with van der Waals surface area (Å²) < 4.78 is 5.67. The maximum absolute atomic E-state index is 5.86. The van der Waals surface area contributed by atoms with Crippen molar-refractivity contribution in [2.24, 2.45) is 0 Å². The summed E-state index contributed by atoms with van der Waals surface area (Å²) in [5, 5.41) is 0.715. The molecule has 1 fully saturated rings. The molecule has 0 radical (unpaired) electrons. The molecule has 1 aliphatic heterocycles. The zero-order chi connectivity index (χ0) is 12.3. The molecule has 1 unspecified atom stereocenters. The van der Waals surface area contributed by atoms with Crippen LogP contribution in [-0.2, 0) is 4.74 Å². The number of hydrogen-bond donors (Lipinski definition) is 0. The van der Waals surface area contributed by atoms with Crippen molar-refractivity contribution in [2.75, 3.05) is 26.2 Å². The molecule has 1 aromatic rings. The van der Waals surface area contributed by atoms with Gasteiger partial charge >= 0.3 is 0 Å². The largest absolute Gasteiger partial charge is 0.368 e. The van der Waals surface area contributed by atoms with Gasteiger partial charge in [0.2, 0.25) is 0 Å². The van der Waals surface area contributed by atoms with Crippen LogP contribution in [0.2, 0.25) is 10.3 Å². The van der Waals surface area contributed by atoms with E-state index in [-0.39, 0.29) is 6.10 Å². The lowest BCUT2D eigenvalue weighted by atomic mass is 10.2. The third-order valence-corrected chi connectivity index (χ3v) is 3.05. The van der Waals surface area contributed by atoms with Gasteiger partial charge in [-0.2, -0.15) is 0 Å². The minimum Gasteiger partial charge on any atom is -0.368 e. The summed E-state index contributed by atoms with van der Waals surface area (Å²) in [6.45, 7) is 5.67. The predicted octanol–water partition coefficient (Wildman–Crippen LogP) is 2.57. The van der Waals surface area contributed by atoms with E-state index in [9.17, 15) is 0 Å². The zero-order valence-electron chi connectivity index (χ0n) is 9.70. The number of halogens is 2. The summed E-state index contributed by atoms with van der Waals surface area (Å²) >= 11 is 11.7. The first-order valence-electron chi connectivity index (χ1n) is 5.73. The summed E-state index contributed by atoms with van der Waals surface area (Å²) in [6, 6.07) is 1.53. The van der Waals surface area contributed by atoms with Crippen molar-refractivity contribution in [2.45, 2.75) is 19.4 Å². The number of morpholine rings is 1. The average Bonchev–Trinajstić information content (AvgIpc) is 2.28. The SMILES string of the molecule is CCCN1CCOC(c2nc(Cl)cc(Cl)n2)C1. The molecule has 0 amide bonds. The van der Waals surface area contributed by atoms with Crippen molar-refractivity contribution in [1.82, 2.24) is 14.9 Å². The number of aromatic nitrogens is 2. The molecule has 2 rings (SSSR count). The Morgan fingerprint density at radius 2 is 2.12 bits per heavy atom. The van der Waals surface area contributed by atoms with Gasteiger partial charge in [-0.3, -0.25) is 4.90 Å². The Morgan fingerprint density at radius 1 is 1.41 bits per heavy atom. The van der Waals surface area contributed by atoms with Gasteiger partial charge in [0.25, 0.3) is 0 Å². The number of nitrogens with zero attached hydrogens (tertiary/aromatic N) is 3. The molecule has 4 nitrogen and oxygen atoms in total.